The van der Waals surface area contributed by atoms with Gasteiger partial charge < -0.3 is 10.2 Å². The van der Waals surface area contributed by atoms with Crippen LogP contribution in [0.15, 0.2) is 114 Å². The van der Waals surface area contributed by atoms with Gasteiger partial charge in [-0.1, -0.05) is 66.8 Å². The van der Waals surface area contributed by atoms with Gasteiger partial charge in [0.1, 0.15) is 0 Å². The topological polar surface area (TPSA) is 15.3 Å². The average Bonchev–Trinajstić information content (AvgIpc) is 2.84. The Hall–Kier alpha value is -3.52. The zero-order valence-corrected chi connectivity index (χ0v) is 18.7. The highest BCUT2D eigenvalue weighted by Crippen LogP contribution is 2.39. The van der Waals surface area contributed by atoms with Gasteiger partial charge in [-0.25, -0.2) is 0 Å². The van der Waals surface area contributed by atoms with E-state index in [1.54, 1.807) is 0 Å². The monoisotopic (exact) mass is 418 g/mol. The summed E-state index contributed by atoms with van der Waals surface area (Å²) < 4.78 is 0. The molecule has 160 valence electrons. The van der Waals surface area contributed by atoms with Crippen LogP contribution in [0.2, 0.25) is 0 Å². The summed E-state index contributed by atoms with van der Waals surface area (Å²) in [6.45, 7) is 3.06. The fraction of sp³-hybridized carbons (Fsp3) is 0.200. The van der Waals surface area contributed by atoms with Crippen molar-refractivity contribution >= 4 is 22.6 Å². The normalized spacial score (nSPS) is 20.6. The molecule has 2 heteroatoms. The van der Waals surface area contributed by atoms with Crippen LogP contribution >= 0.6 is 0 Å². The van der Waals surface area contributed by atoms with Gasteiger partial charge in [0, 0.05) is 29.2 Å². The van der Waals surface area contributed by atoms with Crippen LogP contribution in [0, 0.1) is 0 Å². The van der Waals surface area contributed by atoms with Gasteiger partial charge in [0.2, 0.25) is 0 Å². The number of rotatable bonds is 4. The Balaban J connectivity index is 1.49. The van der Waals surface area contributed by atoms with Gasteiger partial charge in [-0.15, -0.1) is 0 Å². The second-order valence-electron chi connectivity index (χ2n) is 8.59. The van der Waals surface area contributed by atoms with E-state index in [0.29, 0.717) is 0 Å². The molecule has 32 heavy (non-hydrogen) atoms. The number of anilines is 3. The molecule has 0 spiro atoms. The molecule has 2 aromatic rings. The lowest BCUT2D eigenvalue weighted by molar-refractivity contribution is 0.872. The molecule has 0 amide bonds. The SMILES string of the molecule is C/C1=C\C=C/CN(c2ccccc2)c2cccc(NC3=CC=C(C4=CC=CCC4)CC3)c21. The number of hydrogen-bond acceptors (Lipinski definition) is 2. The molecule has 0 aromatic heterocycles. The minimum atomic E-state index is 0.850. The van der Waals surface area contributed by atoms with Crippen LogP contribution < -0.4 is 10.2 Å². The standard InChI is InChI=1S/C30H30N2/c1-23-11-8-9-22-32(27-14-6-3-7-15-27)29-17-10-16-28(30(23)29)31-26-20-18-25(19-21-26)24-12-4-2-5-13-24/h2-4,6-12,14-18,20,31H,5,13,19,21-22H2,1H3/b9-8-,23-11+. The van der Waals surface area contributed by atoms with Crippen molar-refractivity contribution in [3.05, 3.63) is 120 Å². The smallest absolute Gasteiger partial charge is 0.0511 e. The molecule has 0 atom stereocenters. The Morgan fingerprint density at radius 3 is 2.38 bits per heavy atom. The van der Waals surface area contributed by atoms with Crippen LogP contribution in [0.5, 0.6) is 0 Å². The number of fused-ring (bicyclic) bond motifs is 1. The van der Waals surface area contributed by atoms with Crippen molar-refractivity contribution in [1.29, 1.82) is 0 Å². The van der Waals surface area contributed by atoms with Crippen LogP contribution in [-0.4, -0.2) is 6.54 Å². The average molecular weight is 419 g/mol. The first-order valence-corrected chi connectivity index (χ1v) is 11.6. The Morgan fingerprint density at radius 2 is 1.59 bits per heavy atom. The fourth-order valence-corrected chi connectivity index (χ4v) is 4.75. The van der Waals surface area contributed by atoms with Crippen LogP contribution in [0.3, 0.4) is 0 Å². The van der Waals surface area contributed by atoms with Crippen LogP contribution in [0.4, 0.5) is 17.1 Å². The lowest BCUT2D eigenvalue weighted by Gasteiger charge is -2.29. The lowest BCUT2D eigenvalue weighted by atomic mass is 9.90. The molecule has 1 aliphatic heterocycles. The third-order valence-electron chi connectivity index (χ3n) is 6.44. The molecule has 0 fully saturated rings. The summed E-state index contributed by atoms with van der Waals surface area (Å²) in [6, 6.07) is 17.3. The molecule has 3 aliphatic rings. The number of para-hydroxylation sites is 1. The molecule has 2 aliphatic carbocycles. The van der Waals surface area contributed by atoms with Crippen LogP contribution in [0.25, 0.3) is 5.57 Å². The van der Waals surface area contributed by atoms with E-state index in [-0.39, 0.29) is 0 Å². The molecule has 0 unspecified atom stereocenters. The Labute approximate surface area is 191 Å². The van der Waals surface area contributed by atoms with Gasteiger partial charge >= 0.3 is 0 Å². The Bertz CT molecular complexity index is 1170. The summed E-state index contributed by atoms with van der Waals surface area (Å²) in [7, 11) is 0. The third-order valence-corrected chi connectivity index (χ3v) is 6.44. The molecule has 0 bridgehead atoms. The molecule has 0 saturated carbocycles. The van der Waals surface area contributed by atoms with Crippen molar-refractivity contribution in [2.45, 2.75) is 32.6 Å². The van der Waals surface area contributed by atoms with Gasteiger partial charge in [0.25, 0.3) is 0 Å². The zero-order valence-electron chi connectivity index (χ0n) is 18.7. The molecule has 0 radical (unpaired) electrons. The molecular weight excluding hydrogens is 388 g/mol. The number of nitrogens with one attached hydrogen (secondary N) is 1. The van der Waals surface area contributed by atoms with Gasteiger partial charge in [0.05, 0.1) is 5.69 Å². The van der Waals surface area contributed by atoms with Gasteiger partial charge in [0.15, 0.2) is 0 Å². The Kier molecular flexibility index (Phi) is 5.93. The van der Waals surface area contributed by atoms with Crippen molar-refractivity contribution < 1.29 is 0 Å². The van der Waals surface area contributed by atoms with Crippen LogP contribution in [0.1, 0.15) is 38.2 Å². The molecule has 1 N–H and O–H groups in total. The highest BCUT2D eigenvalue weighted by Gasteiger charge is 2.19. The predicted octanol–water partition coefficient (Wildman–Crippen LogP) is 8.09. The lowest BCUT2D eigenvalue weighted by Crippen LogP contribution is -2.19. The van der Waals surface area contributed by atoms with E-state index in [1.165, 1.54) is 45.0 Å². The summed E-state index contributed by atoms with van der Waals surface area (Å²) in [4.78, 5) is 2.39. The minimum Gasteiger partial charge on any atom is -0.358 e. The minimum absolute atomic E-state index is 0.850. The maximum atomic E-state index is 3.77. The van der Waals surface area contributed by atoms with Crippen molar-refractivity contribution in [2.75, 3.05) is 16.8 Å². The summed E-state index contributed by atoms with van der Waals surface area (Å²) in [5, 5.41) is 3.77. The second kappa shape index (κ2) is 9.32. The predicted molar refractivity (Wildman–Crippen MR) is 138 cm³/mol. The first-order valence-electron chi connectivity index (χ1n) is 11.6. The van der Waals surface area contributed by atoms with E-state index in [4.69, 9.17) is 0 Å². The first-order chi connectivity index (χ1) is 15.8. The van der Waals surface area contributed by atoms with E-state index in [1.807, 2.05) is 0 Å². The van der Waals surface area contributed by atoms with E-state index in [2.05, 4.69) is 114 Å². The Morgan fingerprint density at radius 1 is 0.750 bits per heavy atom. The van der Waals surface area contributed by atoms with E-state index >= 15 is 0 Å². The second-order valence-corrected chi connectivity index (χ2v) is 8.59. The van der Waals surface area contributed by atoms with Gasteiger partial charge in [-0.2, -0.15) is 0 Å². The van der Waals surface area contributed by atoms with Gasteiger partial charge in [-0.3, -0.25) is 0 Å². The van der Waals surface area contributed by atoms with Gasteiger partial charge in [-0.05, 0) is 79.7 Å². The molecule has 2 nitrogen and oxygen atoms in total. The summed E-state index contributed by atoms with van der Waals surface area (Å²) in [6.07, 6.45) is 22.4. The number of allylic oxidation sites excluding steroid dienone is 11. The number of benzene rings is 2. The highest BCUT2D eigenvalue weighted by molar-refractivity contribution is 5.89. The van der Waals surface area contributed by atoms with Crippen molar-refractivity contribution in [2.24, 2.45) is 0 Å². The van der Waals surface area contributed by atoms with Crippen molar-refractivity contribution in [1.82, 2.24) is 0 Å². The molecule has 1 heterocycles. The molecule has 2 aromatic carbocycles. The summed E-state index contributed by atoms with van der Waals surface area (Å²) >= 11 is 0. The van der Waals surface area contributed by atoms with E-state index in [9.17, 15) is 0 Å². The number of nitrogens with zero attached hydrogens (tertiary/aromatic N) is 1. The fourth-order valence-electron chi connectivity index (χ4n) is 4.75. The first kappa shape index (κ1) is 20.4. The largest absolute Gasteiger partial charge is 0.358 e. The summed E-state index contributed by atoms with van der Waals surface area (Å²) in [5.74, 6) is 0. The third kappa shape index (κ3) is 4.27. The van der Waals surface area contributed by atoms with Crippen molar-refractivity contribution in [3.8, 4) is 0 Å². The maximum absolute atomic E-state index is 3.77. The highest BCUT2D eigenvalue weighted by atomic mass is 15.1. The molecule has 5 rings (SSSR count). The summed E-state index contributed by atoms with van der Waals surface area (Å²) in [5.41, 5.74) is 10.4. The number of hydrogen-bond donors (Lipinski definition) is 1. The van der Waals surface area contributed by atoms with E-state index in [0.717, 1.165) is 32.2 Å². The molecular formula is C30H30N2. The zero-order chi connectivity index (χ0) is 21.8. The van der Waals surface area contributed by atoms with E-state index < -0.39 is 0 Å². The molecule has 0 saturated heterocycles. The quantitative estimate of drug-likeness (QED) is 0.540. The van der Waals surface area contributed by atoms with Crippen LogP contribution in [-0.2, 0) is 0 Å². The van der Waals surface area contributed by atoms with Crippen molar-refractivity contribution in [3.63, 3.8) is 0 Å². The maximum Gasteiger partial charge on any atom is 0.0511 e.